The Labute approximate surface area is 205 Å². The maximum Gasteiger partial charge on any atom is 0.189 e. The van der Waals surface area contributed by atoms with Gasteiger partial charge in [0, 0.05) is 10.4 Å². The summed E-state index contributed by atoms with van der Waals surface area (Å²) in [6, 6.07) is 22.6. The SMILES string of the molecule is O=C(C=Cc1cccc(C=Cc2ccc3ccccc3n2)c1)c1cc(Cl)cc(-c2nnn[nH]2)c1O. The first-order chi connectivity index (χ1) is 17.1. The fraction of sp³-hybridized carbons (Fsp3) is 0. The summed E-state index contributed by atoms with van der Waals surface area (Å²) in [6.45, 7) is 0. The lowest BCUT2D eigenvalue weighted by molar-refractivity contribution is 0.104. The van der Waals surface area contributed by atoms with Gasteiger partial charge in [0.25, 0.3) is 0 Å². The van der Waals surface area contributed by atoms with E-state index in [9.17, 15) is 9.90 Å². The van der Waals surface area contributed by atoms with Crippen molar-refractivity contribution in [1.82, 2.24) is 25.6 Å². The standard InChI is InChI=1S/C27H18ClN5O2/c28-20-15-22(26(35)23(16-20)27-30-32-33-31-27)25(34)13-9-18-5-3-4-17(14-18)8-11-21-12-10-19-6-1-2-7-24(19)29-21/h1-16,35H,(H,30,31,32,33). The highest BCUT2D eigenvalue weighted by Crippen LogP contribution is 2.33. The molecule has 3 aromatic carbocycles. The number of ketones is 1. The van der Waals surface area contributed by atoms with E-state index in [0.29, 0.717) is 0 Å². The van der Waals surface area contributed by atoms with Crippen LogP contribution in [0.15, 0.2) is 78.9 Å². The van der Waals surface area contributed by atoms with E-state index in [2.05, 4.69) is 25.6 Å². The van der Waals surface area contributed by atoms with Gasteiger partial charge in [0.05, 0.1) is 22.3 Å². The topological polar surface area (TPSA) is 105 Å². The Bertz CT molecular complexity index is 1590. The Morgan fingerprint density at radius 3 is 2.57 bits per heavy atom. The van der Waals surface area contributed by atoms with E-state index >= 15 is 0 Å². The van der Waals surface area contributed by atoms with Gasteiger partial charge in [0.15, 0.2) is 11.6 Å². The number of halogens is 1. The molecule has 8 heteroatoms. The molecular weight excluding hydrogens is 462 g/mol. The molecule has 2 heterocycles. The van der Waals surface area contributed by atoms with Crippen LogP contribution in [0.2, 0.25) is 5.02 Å². The number of tetrazole rings is 1. The van der Waals surface area contributed by atoms with Gasteiger partial charge in [-0.1, -0.05) is 66.2 Å². The highest BCUT2D eigenvalue weighted by molar-refractivity contribution is 6.31. The van der Waals surface area contributed by atoms with E-state index in [0.717, 1.165) is 27.7 Å². The van der Waals surface area contributed by atoms with Crippen LogP contribution < -0.4 is 0 Å². The van der Waals surface area contributed by atoms with E-state index < -0.39 is 5.78 Å². The molecule has 0 aliphatic carbocycles. The van der Waals surface area contributed by atoms with Gasteiger partial charge in [-0.15, -0.1) is 5.10 Å². The lowest BCUT2D eigenvalue weighted by atomic mass is 10.0. The number of aromatic nitrogens is 5. The van der Waals surface area contributed by atoms with Gasteiger partial charge in [-0.25, -0.2) is 10.1 Å². The molecule has 7 nitrogen and oxygen atoms in total. The highest BCUT2D eigenvalue weighted by Gasteiger charge is 2.17. The van der Waals surface area contributed by atoms with Crippen LogP contribution in [0, 0.1) is 0 Å². The van der Waals surface area contributed by atoms with Gasteiger partial charge in [-0.3, -0.25) is 4.79 Å². The van der Waals surface area contributed by atoms with E-state index in [1.807, 2.05) is 72.8 Å². The number of H-pyrrole nitrogens is 1. The number of fused-ring (bicyclic) bond motifs is 1. The number of aromatic hydroxyl groups is 1. The second-order valence-electron chi connectivity index (χ2n) is 7.73. The maximum atomic E-state index is 12.8. The highest BCUT2D eigenvalue weighted by atomic mass is 35.5. The van der Waals surface area contributed by atoms with E-state index in [1.54, 1.807) is 6.08 Å². The molecule has 0 amide bonds. The zero-order valence-corrected chi connectivity index (χ0v) is 19.0. The van der Waals surface area contributed by atoms with E-state index in [4.69, 9.17) is 11.6 Å². The van der Waals surface area contributed by atoms with Crippen molar-refractivity contribution in [2.45, 2.75) is 0 Å². The van der Waals surface area contributed by atoms with Gasteiger partial charge in [-0.05, 0) is 64.0 Å². The van der Waals surface area contributed by atoms with Crippen LogP contribution in [0.25, 0.3) is 40.5 Å². The first kappa shape index (κ1) is 22.2. The first-order valence-corrected chi connectivity index (χ1v) is 11.1. The molecule has 2 N–H and O–H groups in total. The zero-order chi connectivity index (χ0) is 24.2. The molecule has 0 unspecified atom stereocenters. The minimum absolute atomic E-state index is 0.0542. The summed E-state index contributed by atoms with van der Waals surface area (Å²) >= 11 is 6.16. The zero-order valence-electron chi connectivity index (χ0n) is 18.3. The van der Waals surface area contributed by atoms with Crippen LogP contribution in [-0.2, 0) is 0 Å². The number of nitrogens with zero attached hydrogens (tertiary/aromatic N) is 4. The van der Waals surface area contributed by atoms with Crippen molar-refractivity contribution >= 4 is 46.5 Å². The largest absolute Gasteiger partial charge is 0.506 e. The molecule has 0 aliphatic rings. The number of carbonyl (C=O) groups is 1. The van der Waals surface area contributed by atoms with Crippen LogP contribution >= 0.6 is 11.6 Å². The Morgan fingerprint density at radius 1 is 0.914 bits per heavy atom. The number of nitrogens with one attached hydrogen (secondary N) is 1. The summed E-state index contributed by atoms with van der Waals surface area (Å²) in [4.78, 5) is 17.5. The van der Waals surface area contributed by atoms with Crippen molar-refractivity contribution in [3.63, 3.8) is 0 Å². The molecule has 5 rings (SSSR count). The molecule has 0 saturated carbocycles. The summed E-state index contributed by atoms with van der Waals surface area (Å²) in [5.74, 6) is -0.439. The number of allylic oxidation sites excluding steroid dienone is 1. The minimum atomic E-state index is -0.403. The normalized spacial score (nSPS) is 11.6. The summed E-state index contributed by atoms with van der Waals surface area (Å²) in [7, 11) is 0. The van der Waals surface area contributed by atoms with E-state index in [-0.39, 0.29) is 27.7 Å². The number of carbonyl (C=O) groups excluding carboxylic acids is 1. The van der Waals surface area contributed by atoms with Crippen molar-refractivity contribution < 1.29 is 9.90 Å². The summed E-state index contributed by atoms with van der Waals surface area (Å²) < 4.78 is 0. The van der Waals surface area contributed by atoms with Crippen molar-refractivity contribution in [2.75, 3.05) is 0 Å². The molecule has 5 aromatic rings. The summed E-state index contributed by atoms with van der Waals surface area (Å²) in [5.41, 5.74) is 3.88. The maximum absolute atomic E-state index is 12.8. The van der Waals surface area contributed by atoms with Crippen molar-refractivity contribution in [3.8, 4) is 17.1 Å². The fourth-order valence-corrected chi connectivity index (χ4v) is 3.84. The van der Waals surface area contributed by atoms with Gasteiger partial charge in [0.2, 0.25) is 0 Å². The Hall–Kier alpha value is -4.62. The number of rotatable bonds is 6. The molecule has 0 spiro atoms. The second-order valence-corrected chi connectivity index (χ2v) is 8.17. The minimum Gasteiger partial charge on any atom is -0.506 e. The van der Waals surface area contributed by atoms with Crippen molar-refractivity contribution in [3.05, 3.63) is 106 Å². The second kappa shape index (κ2) is 9.70. The number of phenolic OH excluding ortho intramolecular Hbond substituents is 1. The number of para-hydroxylation sites is 1. The van der Waals surface area contributed by atoms with Crippen LogP contribution in [0.5, 0.6) is 5.75 Å². The molecule has 0 atom stereocenters. The quantitative estimate of drug-likeness (QED) is 0.234. The molecule has 2 aromatic heterocycles. The van der Waals surface area contributed by atoms with E-state index in [1.165, 1.54) is 18.2 Å². The molecule has 0 saturated heterocycles. The van der Waals surface area contributed by atoms with Crippen LogP contribution in [0.4, 0.5) is 0 Å². The predicted octanol–water partition coefficient (Wildman–Crippen LogP) is 5.84. The van der Waals surface area contributed by atoms with Crippen LogP contribution in [0.1, 0.15) is 27.2 Å². The first-order valence-electron chi connectivity index (χ1n) is 10.7. The molecule has 0 bridgehead atoms. The number of phenols is 1. The molecule has 0 fully saturated rings. The molecule has 35 heavy (non-hydrogen) atoms. The summed E-state index contributed by atoms with van der Waals surface area (Å²) in [6.07, 6.45) is 6.99. The third-order valence-corrected chi connectivity index (χ3v) is 5.56. The number of benzene rings is 3. The lowest BCUT2D eigenvalue weighted by Gasteiger charge is -2.06. The number of hydrogen-bond donors (Lipinski definition) is 2. The van der Waals surface area contributed by atoms with Gasteiger partial charge in [-0.2, -0.15) is 0 Å². The predicted molar refractivity (Wildman–Crippen MR) is 137 cm³/mol. The molecule has 0 radical (unpaired) electrons. The third kappa shape index (κ3) is 5.00. The average molecular weight is 480 g/mol. The Kier molecular flexibility index (Phi) is 6.15. The average Bonchev–Trinajstić information content (AvgIpc) is 3.42. The Morgan fingerprint density at radius 2 is 1.74 bits per heavy atom. The van der Waals surface area contributed by atoms with Crippen LogP contribution in [-0.4, -0.2) is 36.5 Å². The monoisotopic (exact) mass is 479 g/mol. The van der Waals surface area contributed by atoms with Crippen molar-refractivity contribution in [1.29, 1.82) is 0 Å². The smallest absolute Gasteiger partial charge is 0.189 e. The van der Waals surface area contributed by atoms with Crippen molar-refractivity contribution in [2.24, 2.45) is 0 Å². The van der Waals surface area contributed by atoms with Gasteiger partial charge >= 0.3 is 0 Å². The number of pyridine rings is 1. The molecule has 0 aliphatic heterocycles. The fourth-order valence-electron chi connectivity index (χ4n) is 3.63. The number of hydrogen-bond acceptors (Lipinski definition) is 6. The van der Waals surface area contributed by atoms with Crippen LogP contribution in [0.3, 0.4) is 0 Å². The number of aromatic amines is 1. The Balaban J connectivity index is 1.35. The third-order valence-electron chi connectivity index (χ3n) is 5.34. The molecular formula is C27H18ClN5O2. The van der Waals surface area contributed by atoms with Gasteiger partial charge < -0.3 is 5.11 Å². The van der Waals surface area contributed by atoms with Gasteiger partial charge in [0.1, 0.15) is 5.75 Å². The summed E-state index contributed by atoms with van der Waals surface area (Å²) in [5, 5.41) is 25.3. The lowest BCUT2D eigenvalue weighted by Crippen LogP contribution is -1.97. The molecule has 170 valence electrons.